The molecule has 0 amide bonds. The number of hydrogen-bond donors (Lipinski definition) is 2. The summed E-state index contributed by atoms with van der Waals surface area (Å²) in [5.41, 5.74) is 1.60. The maximum absolute atomic E-state index is 12.5. The summed E-state index contributed by atoms with van der Waals surface area (Å²) in [6, 6.07) is 3.21. The molecule has 0 atom stereocenters. The Morgan fingerprint density at radius 3 is 2.52 bits per heavy atom. The number of hydrogen-bond acceptors (Lipinski definition) is 5. The molecular formula is C13H19N5O2S. The molecule has 2 aromatic rings. The molecule has 0 aliphatic rings. The summed E-state index contributed by atoms with van der Waals surface area (Å²) in [6.45, 7) is 4.80. The van der Waals surface area contributed by atoms with Gasteiger partial charge >= 0.3 is 0 Å². The minimum atomic E-state index is -3.66. The van der Waals surface area contributed by atoms with Gasteiger partial charge in [-0.15, -0.1) is 0 Å². The number of likely N-dealkylation sites (N-methyl/N-ethyl adjacent to an activating group) is 1. The summed E-state index contributed by atoms with van der Waals surface area (Å²) in [5.74, 6) is 0. The van der Waals surface area contributed by atoms with Crippen molar-refractivity contribution in [2.75, 3.05) is 18.3 Å². The van der Waals surface area contributed by atoms with Crippen LogP contribution in [0.25, 0.3) is 0 Å². The fourth-order valence-corrected chi connectivity index (χ4v) is 3.60. The average Bonchev–Trinajstić information content (AvgIpc) is 2.72. The second-order valence-corrected chi connectivity index (χ2v) is 6.29. The zero-order chi connectivity index (χ0) is 15.5. The van der Waals surface area contributed by atoms with Crippen molar-refractivity contribution in [3.8, 4) is 0 Å². The maximum atomic E-state index is 12.5. The predicted molar refractivity (Wildman–Crippen MR) is 80.7 cm³/mol. The maximum Gasteiger partial charge on any atom is 0.265 e. The van der Waals surface area contributed by atoms with E-state index in [9.17, 15) is 8.42 Å². The van der Waals surface area contributed by atoms with Gasteiger partial charge in [0.25, 0.3) is 10.0 Å². The zero-order valence-electron chi connectivity index (χ0n) is 12.3. The Hall–Kier alpha value is -1.93. The molecule has 8 heteroatoms. The van der Waals surface area contributed by atoms with Crippen molar-refractivity contribution in [3.05, 3.63) is 35.9 Å². The molecule has 0 aliphatic heterocycles. The number of rotatable bonds is 6. The highest BCUT2D eigenvalue weighted by molar-refractivity contribution is 7.92. The van der Waals surface area contributed by atoms with Crippen LogP contribution in [0.15, 0.2) is 29.4 Å². The third kappa shape index (κ3) is 3.40. The van der Waals surface area contributed by atoms with E-state index < -0.39 is 10.0 Å². The highest BCUT2D eigenvalue weighted by Crippen LogP contribution is 2.22. The molecule has 2 N–H and O–H groups in total. The molecule has 21 heavy (non-hydrogen) atoms. The minimum absolute atomic E-state index is 0.232. The Balaban J connectivity index is 2.34. The number of aromatic nitrogens is 3. The lowest BCUT2D eigenvalue weighted by Gasteiger charge is -2.08. The highest BCUT2D eigenvalue weighted by atomic mass is 32.2. The standard InChI is InChI=1S/C13H19N5O2S/c1-10-13(11(2)18(16-10)9-8-14-3)21(19,20)17-12-4-6-15-7-5-12/h4-7,14H,8-9H2,1-3H3,(H,15,17). The number of anilines is 1. The smallest absolute Gasteiger partial charge is 0.265 e. The van der Waals surface area contributed by atoms with E-state index in [4.69, 9.17) is 0 Å². The molecule has 114 valence electrons. The Morgan fingerprint density at radius 1 is 1.24 bits per heavy atom. The molecule has 0 saturated heterocycles. The van der Waals surface area contributed by atoms with Crippen LogP contribution in [0.1, 0.15) is 11.4 Å². The molecule has 0 unspecified atom stereocenters. The van der Waals surface area contributed by atoms with Gasteiger partial charge in [0.15, 0.2) is 0 Å². The first-order chi connectivity index (χ1) is 9.95. The van der Waals surface area contributed by atoms with Crippen molar-refractivity contribution < 1.29 is 8.42 Å². The number of sulfonamides is 1. The monoisotopic (exact) mass is 309 g/mol. The molecule has 2 aromatic heterocycles. The lowest BCUT2D eigenvalue weighted by atomic mass is 10.4. The Kier molecular flexibility index (Phi) is 4.59. The molecule has 7 nitrogen and oxygen atoms in total. The van der Waals surface area contributed by atoms with E-state index in [2.05, 4.69) is 20.1 Å². The van der Waals surface area contributed by atoms with Crippen molar-refractivity contribution in [1.29, 1.82) is 0 Å². The van der Waals surface area contributed by atoms with E-state index in [0.717, 1.165) is 6.54 Å². The molecule has 0 aliphatic carbocycles. The van der Waals surface area contributed by atoms with Crippen molar-refractivity contribution in [3.63, 3.8) is 0 Å². The van der Waals surface area contributed by atoms with E-state index in [1.807, 2.05) is 7.05 Å². The van der Waals surface area contributed by atoms with Gasteiger partial charge in [0.2, 0.25) is 0 Å². The van der Waals surface area contributed by atoms with Gasteiger partial charge in [-0.3, -0.25) is 14.4 Å². The number of aryl methyl sites for hydroxylation is 1. The molecular weight excluding hydrogens is 290 g/mol. The van der Waals surface area contributed by atoms with Gasteiger partial charge in [-0.25, -0.2) is 8.42 Å². The molecule has 0 spiro atoms. The summed E-state index contributed by atoms with van der Waals surface area (Å²) in [4.78, 5) is 4.09. The third-order valence-corrected chi connectivity index (χ3v) is 4.72. The zero-order valence-corrected chi connectivity index (χ0v) is 13.1. The van der Waals surface area contributed by atoms with E-state index in [0.29, 0.717) is 23.6 Å². The van der Waals surface area contributed by atoms with Gasteiger partial charge in [-0.2, -0.15) is 5.10 Å². The van der Waals surface area contributed by atoms with Crippen LogP contribution in [0.2, 0.25) is 0 Å². The Morgan fingerprint density at radius 2 is 1.90 bits per heavy atom. The molecule has 2 heterocycles. The summed E-state index contributed by atoms with van der Waals surface area (Å²) in [5, 5.41) is 7.32. The first kappa shape index (κ1) is 15.5. The van der Waals surface area contributed by atoms with Crippen LogP contribution in [0.4, 0.5) is 5.69 Å². The van der Waals surface area contributed by atoms with Crippen molar-refractivity contribution >= 4 is 15.7 Å². The van der Waals surface area contributed by atoms with Crippen LogP contribution in [0.5, 0.6) is 0 Å². The summed E-state index contributed by atoms with van der Waals surface area (Å²) >= 11 is 0. The first-order valence-electron chi connectivity index (χ1n) is 6.57. The number of pyridine rings is 1. The molecule has 0 fully saturated rings. The Bertz CT molecular complexity index is 710. The van der Waals surface area contributed by atoms with E-state index in [1.54, 1.807) is 30.7 Å². The average molecular weight is 309 g/mol. The van der Waals surface area contributed by atoms with Crippen LogP contribution in [0.3, 0.4) is 0 Å². The molecule has 0 saturated carbocycles. The lowest BCUT2D eigenvalue weighted by Crippen LogP contribution is -2.18. The van der Waals surface area contributed by atoms with Gasteiger partial charge < -0.3 is 5.32 Å². The van der Waals surface area contributed by atoms with Gasteiger partial charge in [-0.1, -0.05) is 0 Å². The normalized spacial score (nSPS) is 11.6. The second-order valence-electron chi connectivity index (χ2n) is 4.67. The van der Waals surface area contributed by atoms with Gasteiger partial charge in [0.05, 0.1) is 23.6 Å². The quantitative estimate of drug-likeness (QED) is 0.828. The predicted octanol–water partition coefficient (Wildman–Crippen LogP) is 0.915. The van der Waals surface area contributed by atoms with Crippen molar-refractivity contribution in [1.82, 2.24) is 20.1 Å². The van der Waals surface area contributed by atoms with Crippen LogP contribution in [-0.2, 0) is 16.6 Å². The SMILES string of the molecule is CNCCn1nc(C)c(S(=O)(=O)Nc2ccncc2)c1C. The van der Waals surface area contributed by atoms with Gasteiger partial charge in [0, 0.05) is 18.9 Å². The minimum Gasteiger partial charge on any atom is -0.318 e. The van der Waals surface area contributed by atoms with Crippen LogP contribution in [-0.4, -0.2) is 36.8 Å². The van der Waals surface area contributed by atoms with E-state index in [1.165, 1.54) is 12.4 Å². The number of nitrogens with zero attached hydrogens (tertiary/aromatic N) is 3. The van der Waals surface area contributed by atoms with E-state index >= 15 is 0 Å². The van der Waals surface area contributed by atoms with Gasteiger partial charge in [-0.05, 0) is 33.0 Å². The number of nitrogens with one attached hydrogen (secondary N) is 2. The topological polar surface area (TPSA) is 88.9 Å². The lowest BCUT2D eigenvalue weighted by molar-refractivity contribution is 0.566. The van der Waals surface area contributed by atoms with Gasteiger partial charge in [0.1, 0.15) is 4.90 Å². The summed E-state index contributed by atoms with van der Waals surface area (Å²) in [7, 11) is -1.82. The van der Waals surface area contributed by atoms with Crippen LogP contribution in [0, 0.1) is 13.8 Å². The van der Waals surface area contributed by atoms with Crippen molar-refractivity contribution in [2.45, 2.75) is 25.3 Å². The fourth-order valence-electron chi connectivity index (χ4n) is 2.13. The fraction of sp³-hybridized carbons (Fsp3) is 0.385. The molecule has 0 bridgehead atoms. The largest absolute Gasteiger partial charge is 0.318 e. The summed E-state index contributed by atoms with van der Waals surface area (Å²) < 4.78 is 29.3. The van der Waals surface area contributed by atoms with Crippen LogP contribution < -0.4 is 10.0 Å². The third-order valence-electron chi connectivity index (χ3n) is 3.09. The molecule has 0 radical (unpaired) electrons. The first-order valence-corrected chi connectivity index (χ1v) is 8.05. The van der Waals surface area contributed by atoms with Crippen LogP contribution >= 0.6 is 0 Å². The highest BCUT2D eigenvalue weighted by Gasteiger charge is 2.24. The van der Waals surface area contributed by atoms with E-state index in [-0.39, 0.29) is 4.90 Å². The van der Waals surface area contributed by atoms with Crippen molar-refractivity contribution in [2.24, 2.45) is 0 Å². The summed E-state index contributed by atoms with van der Waals surface area (Å²) in [6.07, 6.45) is 3.07. The second kappa shape index (κ2) is 6.23. The Labute approximate surface area is 124 Å². The molecule has 0 aromatic carbocycles. The molecule has 2 rings (SSSR count).